The number of rotatable bonds is 2. The van der Waals surface area contributed by atoms with Gasteiger partial charge in [0, 0.05) is 24.1 Å². The molecule has 0 spiro atoms. The highest BCUT2D eigenvalue weighted by atomic mass is 35.5. The number of alkyl halides is 1. The number of carboxylic acids is 1. The Balaban J connectivity index is 2.93. The topological polar surface area (TPSA) is 50.2 Å². The average molecular weight is 224 g/mol. The van der Waals surface area contributed by atoms with Crippen LogP contribution in [0.1, 0.15) is 28.0 Å². The first-order chi connectivity index (χ1) is 7.15. The smallest absolute Gasteiger partial charge is 0.354 e. The zero-order chi connectivity index (χ0) is 11.3. The molecule has 0 aliphatic rings. The highest BCUT2D eigenvalue weighted by molar-refractivity contribution is 6.18. The molecular formula is C11H10ClNO2. The minimum absolute atomic E-state index is 0.0675. The van der Waals surface area contributed by atoms with Gasteiger partial charge in [-0.1, -0.05) is 11.8 Å². The molecule has 0 saturated carbocycles. The Labute approximate surface area is 93.1 Å². The van der Waals surface area contributed by atoms with Gasteiger partial charge >= 0.3 is 5.97 Å². The van der Waals surface area contributed by atoms with E-state index in [9.17, 15) is 4.79 Å². The van der Waals surface area contributed by atoms with E-state index in [-0.39, 0.29) is 5.69 Å². The molecule has 0 aliphatic carbocycles. The van der Waals surface area contributed by atoms with Gasteiger partial charge in [0.25, 0.3) is 0 Å². The van der Waals surface area contributed by atoms with Crippen LogP contribution in [0.2, 0.25) is 0 Å². The van der Waals surface area contributed by atoms with Crippen LogP contribution < -0.4 is 0 Å². The Morgan fingerprint density at radius 1 is 1.67 bits per heavy atom. The summed E-state index contributed by atoms with van der Waals surface area (Å²) in [7, 11) is 0. The van der Waals surface area contributed by atoms with Crippen molar-refractivity contribution in [2.75, 3.05) is 5.88 Å². The number of halogens is 1. The Morgan fingerprint density at radius 3 is 2.93 bits per heavy atom. The average Bonchev–Trinajstić information content (AvgIpc) is 2.17. The van der Waals surface area contributed by atoms with E-state index in [4.69, 9.17) is 16.7 Å². The molecule has 1 heterocycles. The first kappa shape index (κ1) is 11.5. The van der Waals surface area contributed by atoms with Crippen molar-refractivity contribution in [1.29, 1.82) is 0 Å². The van der Waals surface area contributed by atoms with Crippen molar-refractivity contribution in [3.63, 3.8) is 0 Å². The lowest BCUT2D eigenvalue weighted by Gasteiger charge is -1.98. The molecular weight excluding hydrogens is 214 g/mol. The lowest BCUT2D eigenvalue weighted by molar-refractivity contribution is 0.0689. The lowest BCUT2D eigenvalue weighted by atomic mass is 10.1. The van der Waals surface area contributed by atoms with Crippen LogP contribution >= 0.6 is 11.6 Å². The van der Waals surface area contributed by atoms with E-state index >= 15 is 0 Å². The normalized spacial score (nSPS) is 9.20. The maximum Gasteiger partial charge on any atom is 0.354 e. The summed E-state index contributed by atoms with van der Waals surface area (Å²) in [5.74, 6) is 5.19. The Bertz CT molecular complexity index is 432. The van der Waals surface area contributed by atoms with E-state index in [1.165, 1.54) is 6.20 Å². The molecule has 0 fully saturated rings. The van der Waals surface area contributed by atoms with Gasteiger partial charge in [0.05, 0.1) is 0 Å². The van der Waals surface area contributed by atoms with E-state index in [1.807, 2.05) is 0 Å². The fourth-order valence-electron chi connectivity index (χ4n) is 1.08. The van der Waals surface area contributed by atoms with Crippen LogP contribution in [0.3, 0.4) is 0 Å². The van der Waals surface area contributed by atoms with E-state index in [0.29, 0.717) is 23.4 Å². The lowest BCUT2D eigenvalue weighted by Crippen LogP contribution is -2.03. The van der Waals surface area contributed by atoms with Crippen LogP contribution in [0.15, 0.2) is 12.3 Å². The molecule has 0 radical (unpaired) electrons. The van der Waals surface area contributed by atoms with Crippen LogP contribution in [0.25, 0.3) is 0 Å². The third-order valence-corrected chi connectivity index (χ3v) is 1.92. The van der Waals surface area contributed by atoms with Crippen molar-refractivity contribution in [2.45, 2.75) is 13.3 Å². The van der Waals surface area contributed by atoms with Crippen LogP contribution in [0, 0.1) is 18.8 Å². The number of hydrogen-bond donors (Lipinski definition) is 1. The summed E-state index contributed by atoms with van der Waals surface area (Å²) in [5.41, 5.74) is 1.39. The number of pyridine rings is 1. The molecule has 0 atom stereocenters. The van der Waals surface area contributed by atoms with Gasteiger partial charge in [-0.05, 0) is 18.6 Å². The van der Waals surface area contributed by atoms with Gasteiger partial charge in [0.2, 0.25) is 0 Å². The minimum atomic E-state index is -1.02. The largest absolute Gasteiger partial charge is 0.477 e. The third-order valence-electron chi connectivity index (χ3n) is 1.73. The molecule has 4 heteroatoms. The number of hydrogen-bond acceptors (Lipinski definition) is 2. The van der Waals surface area contributed by atoms with Gasteiger partial charge in [-0.3, -0.25) is 0 Å². The molecule has 1 rings (SSSR count). The van der Waals surface area contributed by atoms with Gasteiger partial charge in [0.15, 0.2) is 5.69 Å². The molecule has 15 heavy (non-hydrogen) atoms. The fourth-order valence-corrected chi connectivity index (χ4v) is 1.17. The number of aromatic carboxylic acids is 1. The van der Waals surface area contributed by atoms with Crippen molar-refractivity contribution >= 4 is 17.6 Å². The Morgan fingerprint density at radius 2 is 2.40 bits per heavy atom. The molecule has 0 saturated heterocycles. The monoisotopic (exact) mass is 223 g/mol. The summed E-state index contributed by atoms with van der Waals surface area (Å²) in [6.07, 6.45) is 2.07. The molecule has 0 bridgehead atoms. The molecule has 0 aliphatic heterocycles. The number of aryl methyl sites for hydroxylation is 1. The second kappa shape index (κ2) is 5.38. The second-order valence-electron chi connectivity index (χ2n) is 2.94. The maximum atomic E-state index is 10.7. The predicted molar refractivity (Wildman–Crippen MR) is 58.1 cm³/mol. The summed E-state index contributed by atoms with van der Waals surface area (Å²) in [6.45, 7) is 1.70. The molecule has 1 aromatic heterocycles. The van der Waals surface area contributed by atoms with Crippen LogP contribution in [0.5, 0.6) is 0 Å². The molecule has 1 aromatic rings. The summed E-state index contributed by atoms with van der Waals surface area (Å²) in [6, 6.07) is 1.71. The molecule has 78 valence electrons. The van der Waals surface area contributed by atoms with E-state index in [0.717, 1.165) is 0 Å². The van der Waals surface area contributed by atoms with Gasteiger partial charge < -0.3 is 5.11 Å². The summed E-state index contributed by atoms with van der Waals surface area (Å²) in [4.78, 5) is 14.5. The first-order valence-electron chi connectivity index (χ1n) is 4.40. The number of aromatic nitrogens is 1. The van der Waals surface area contributed by atoms with E-state index in [2.05, 4.69) is 16.8 Å². The minimum Gasteiger partial charge on any atom is -0.477 e. The predicted octanol–water partition coefficient (Wildman–Crippen LogP) is 2.07. The third kappa shape index (κ3) is 3.26. The molecule has 0 amide bonds. The molecule has 1 N–H and O–H groups in total. The highest BCUT2D eigenvalue weighted by Gasteiger charge is 2.07. The molecule has 0 unspecified atom stereocenters. The van der Waals surface area contributed by atoms with Gasteiger partial charge in [-0.25, -0.2) is 9.78 Å². The Kier molecular flexibility index (Phi) is 4.14. The van der Waals surface area contributed by atoms with Gasteiger partial charge in [-0.15, -0.1) is 11.6 Å². The number of carboxylic acid groups (broad SMARTS) is 1. The van der Waals surface area contributed by atoms with Crippen LogP contribution in [0.4, 0.5) is 0 Å². The zero-order valence-electron chi connectivity index (χ0n) is 8.25. The van der Waals surface area contributed by atoms with Crippen LogP contribution in [-0.2, 0) is 0 Å². The summed E-state index contributed by atoms with van der Waals surface area (Å²) in [5, 5.41) is 8.75. The van der Waals surface area contributed by atoms with Gasteiger partial charge in [0.1, 0.15) is 0 Å². The van der Waals surface area contributed by atoms with Crippen LogP contribution in [-0.4, -0.2) is 21.9 Å². The standard InChI is InChI=1S/C11H10ClNO2/c1-8-6-9(4-2-3-5-12)7-13-10(8)11(14)15/h6-7H,3,5H2,1H3,(H,14,15). The Hall–Kier alpha value is -1.53. The fraction of sp³-hybridized carbons (Fsp3) is 0.273. The maximum absolute atomic E-state index is 10.7. The van der Waals surface area contributed by atoms with Crippen molar-refractivity contribution in [3.8, 4) is 11.8 Å². The molecule has 0 aromatic carbocycles. The number of nitrogens with zero attached hydrogens (tertiary/aromatic N) is 1. The van der Waals surface area contributed by atoms with Crippen molar-refractivity contribution in [3.05, 3.63) is 29.1 Å². The quantitative estimate of drug-likeness (QED) is 0.617. The van der Waals surface area contributed by atoms with Crippen molar-refractivity contribution in [1.82, 2.24) is 4.98 Å². The number of carbonyl (C=O) groups is 1. The first-order valence-corrected chi connectivity index (χ1v) is 4.93. The van der Waals surface area contributed by atoms with Crippen molar-refractivity contribution < 1.29 is 9.90 Å². The van der Waals surface area contributed by atoms with E-state index < -0.39 is 5.97 Å². The van der Waals surface area contributed by atoms with E-state index in [1.54, 1.807) is 13.0 Å². The zero-order valence-corrected chi connectivity index (χ0v) is 9.01. The summed E-state index contributed by atoms with van der Waals surface area (Å²) >= 11 is 5.47. The second-order valence-corrected chi connectivity index (χ2v) is 3.31. The summed E-state index contributed by atoms with van der Waals surface area (Å²) < 4.78 is 0. The SMILES string of the molecule is Cc1cc(C#CCCCl)cnc1C(=O)O. The molecule has 3 nitrogen and oxygen atoms in total. The van der Waals surface area contributed by atoms with Crippen molar-refractivity contribution in [2.24, 2.45) is 0 Å². The van der Waals surface area contributed by atoms with Gasteiger partial charge in [-0.2, -0.15) is 0 Å². The highest BCUT2D eigenvalue weighted by Crippen LogP contribution is 2.06.